The van der Waals surface area contributed by atoms with E-state index in [4.69, 9.17) is 0 Å². The summed E-state index contributed by atoms with van der Waals surface area (Å²) in [6, 6.07) is 1.41. The van der Waals surface area contributed by atoms with Gasteiger partial charge in [-0.3, -0.25) is 0 Å². The fourth-order valence-corrected chi connectivity index (χ4v) is 0.977. The number of hydrogen-bond acceptors (Lipinski definition) is 2. The average molecular weight is 183 g/mol. The summed E-state index contributed by atoms with van der Waals surface area (Å²) < 4.78 is 12.6. The Morgan fingerprint density at radius 1 is 1.67 bits per heavy atom. The van der Waals surface area contributed by atoms with E-state index >= 15 is 0 Å². The minimum atomic E-state index is -0.445. The Labute approximate surface area is 76.7 Å². The van der Waals surface area contributed by atoms with E-state index in [1.54, 1.807) is 0 Å². The molecule has 0 amide bonds. The molecule has 0 fully saturated rings. The lowest BCUT2D eigenvalue weighted by Gasteiger charge is -1.97. The summed E-state index contributed by atoms with van der Waals surface area (Å²) in [5.74, 6) is 0.211. The minimum absolute atomic E-state index is 0.445. The van der Waals surface area contributed by atoms with Gasteiger partial charge in [-0.1, -0.05) is 12.2 Å². The number of aryl methyl sites for hydroxylation is 1. The Balaban J connectivity index is 2.97. The van der Waals surface area contributed by atoms with Gasteiger partial charge in [0.2, 0.25) is 5.95 Å². The van der Waals surface area contributed by atoms with Crippen LogP contribution in [0, 0.1) is 12.9 Å². The highest BCUT2D eigenvalue weighted by Gasteiger charge is 1.96. The normalized spacial score (nSPS) is 10.9. The van der Waals surface area contributed by atoms with Gasteiger partial charge in [0, 0.05) is 18.0 Å². The van der Waals surface area contributed by atoms with Crippen molar-refractivity contribution < 1.29 is 4.39 Å². The molecule has 0 radical (unpaired) electrons. The van der Waals surface area contributed by atoms with Crippen LogP contribution in [-0.2, 0) is 0 Å². The van der Waals surface area contributed by atoms with Crippen molar-refractivity contribution in [3.63, 3.8) is 0 Å². The van der Waals surface area contributed by atoms with E-state index in [0.29, 0.717) is 5.75 Å². The summed E-state index contributed by atoms with van der Waals surface area (Å²) in [4.78, 5) is 3.53. The lowest BCUT2D eigenvalue weighted by Crippen LogP contribution is -1.87. The van der Waals surface area contributed by atoms with Crippen LogP contribution in [0.1, 0.15) is 11.1 Å². The first-order chi connectivity index (χ1) is 5.74. The molecule has 0 atom stereocenters. The Hall–Kier alpha value is -0.830. The number of pyridine rings is 1. The summed E-state index contributed by atoms with van der Waals surface area (Å²) >= 11 is 4.01. The average Bonchev–Trinajstić information content (AvgIpc) is 2.07. The standard InChI is InChI=1S/C9H10FNS/c1-7-6-11-9(10)5-8(7)3-2-4-12/h2-3,5-6,12H,4H2,1H3. The third-order valence-electron chi connectivity index (χ3n) is 1.51. The lowest BCUT2D eigenvalue weighted by molar-refractivity contribution is 0.582. The van der Waals surface area contributed by atoms with Crippen LogP contribution in [0.4, 0.5) is 4.39 Å². The first-order valence-electron chi connectivity index (χ1n) is 3.63. The number of thiol groups is 1. The molecular weight excluding hydrogens is 173 g/mol. The molecule has 64 valence electrons. The molecule has 0 saturated carbocycles. The summed E-state index contributed by atoms with van der Waals surface area (Å²) in [7, 11) is 0. The number of halogens is 1. The quantitative estimate of drug-likeness (QED) is 0.549. The van der Waals surface area contributed by atoms with Crippen LogP contribution in [0.3, 0.4) is 0 Å². The third kappa shape index (κ3) is 2.34. The highest BCUT2D eigenvalue weighted by Crippen LogP contribution is 2.09. The van der Waals surface area contributed by atoms with Crippen molar-refractivity contribution in [2.24, 2.45) is 0 Å². The van der Waals surface area contributed by atoms with Crippen LogP contribution in [-0.4, -0.2) is 10.7 Å². The van der Waals surface area contributed by atoms with Crippen LogP contribution >= 0.6 is 12.6 Å². The van der Waals surface area contributed by atoms with Crippen molar-refractivity contribution in [1.82, 2.24) is 4.98 Å². The van der Waals surface area contributed by atoms with Crippen molar-refractivity contribution in [3.05, 3.63) is 35.4 Å². The van der Waals surface area contributed by atoms with Gasteiger partial charge < -0.3 is 0 Å². The third-order valence-corrected chi connectivity index (χ3v) is 1.73. The molecular formula is C9H10FNS. The zero-order valence-corrected chi connectivity index (χ0v) is 7.68. The van der Waals surface area contributed by atoms with Crippen LogP contribution < -0.4 is 0 Å². The summed E-state index contributed by atoms with van der Waals surface area (Å²) in [6.45, 7) is 1.89. The predicted molar refractivity (Wildman–Crippen MR) is 51.8 cm³/mol. The van der Waals surface area contributed by atoms with E-state index in [0.717, 1.165) is 11.1 Å². The van der Waals surface area contributed by atoms with Crippen molar-refractivity contribution in [1.29, 1.82) is 0 Å². The second-order valence-corrected chi connectivity index (χ2v) is 2.81. The number of aromatic nitrogens is 1. The van der Waals surface area contributed by atoms with Crippen molar-refractivity contribution in [2.75, 3.05) is 5.75 Å². The first-order valence-corrected chi connectivity index (χ1v) is 4.27. The lowest BCUT2D eigenvalue weighted by atomic mass is 10.1. The maximum atomic E-state index is 12.6. The monoisotopic (exact) mass is 183 g/mol. The Morgan fingerprint density at radius 2 is 2.42 bits per heavy atom. The molecule has 1 aromatic rings. The second-order valence-electron chi connectivity index (χ2n) is 2.45. The highest BCUT2D eigenvalue weighted by atomic mass is 32.1. The van der Waals surface area contributed by atoms with Gasteiger partial charge in [-0.2, -0.15) is 17.0 Å². The molecule has 0 N–H and O–H groups in total. The minimum Gasteiger partial charge on any atom is -0.228 e. The molecule has 0 saturated heterocycles. The van der Waals surface area contributed by atoms with Gasteiger partial charge in [-0.15, -0.1) is 0 Å². The zero-order valence-electron chi connectivity index (χ0n) is 6.79. The second kappa shape index (κ2) is 4.26. The van der Waals surface area contributed by atoms with Crippen LogP contribution in [0.25, 0.3) is 6.08 Å². The zero-order chi connectivity index (χ0) is 8.97. The van der Waals surface area contributed by atoms with Gasteiger partial charge in [-0.05, 0) is 18.1 Å². The molecule has 0 bridgehead atoms. The van der Waals surface area contributed by atoms with Crippen molar-refractivity contribution in [2.45, 2.75) is 6.92 Å². The van der Waals surface area contributed by atoms with Crippen LogP contribution in [0.2, 0.25) is 0 Å². The first kappa shape index (κ1) is 9.26. The van der Waals surface area contributed by atoms with E-state index in [1.165, 1.54) is 12.3 Å². The van der Waals surface area contributed by atoms with Crippen molar-refractivity contribution >= 4 is 18.7 Å². The predicted octanol–water partition coefficient (Wildman–Crippen LogP) is 2.47. The van der Waals surface area contributed by atoms with Gasteiger partial charge >= 0.3 is 0 Å². The molecule has 1 nitrogen and oxygen atoms in total. The SMILES string of the molecule is Cc1cnc(F)cc1C=CCS. The van der Waals surface area contributed by atoms with Gasteiger partial charge in [-0.25, -0.2) is 4.98 Å². The summed E-state index contributed by atoms with van der Waals surface area (Å²) in [6.07, 6.45) is 5.23. The van der Waals surface area contributed by atoms with Gasteiger partial charge in [0.15, 0.2) is 0 Å². The van der Waals surface area contributed by atoms with E-state index < -0.39 is 5.95 Å². The highest BCUT2D eigenvalue weighted by molar-refractivity contribution is 7.80. The molecule has 0 aliphatic rings. The Kier molecular flexibility index (Phi) is 3.29. The van der Waals surface area contributed by atoms with E-state index in [1.807, 2.05) is 19.1 Å². The molecule has 0 aliphatic heterocycles. The maximum absolute atomic E-state index is 12.6. The number of nitrogens with zero attached hydrogens (tertiary/aromatic N) is 1. The Bertz CT molecular complexity index is 297. The number of rotatable bonds is 2. The largest absolute Gasteiger partial charge is 0.228 e. The molecule has 0 aromatic carbocycles. The molecule has 1 heterocycles. The van der Waals surface area contributed by atoms with E-state index in [-0.39, 0.29) is 0 Å². The maximum Gasteiger partial charge on any atom is 0.213 e. The van der Waals surface area contributed by atoms with Gasteiger partial charge in [0.05, 0.1) is 0 Å². The van der Waals surface area contributed by atoms with Crippen LogP contribution in [0.5, 0.6) is 0 Å². The molecule has 12 heavy (non-hydrogen) atoms. The van der Waals surface area contributed by atoms with E-state index in [2.05, 4.69) is 17.6 Å². The molecule has 0 aliphatic carbocycles. The smallest absolute Gasteiger partial charge is 0.213 e. The summed E-state index contributed by atoms with van der Waals surface area (Å²) in [5.41, 5.74) is 1.82. The molecule has 3 heteroatoms. The van der Waals surface area contributed by atoms with E-state index in [9.17, 15) is 4.39 Å². The Morgan fingerprint density at radius 3 is 3.08 bits per heavy atom. The number of hydrogen-bond donors (Lipinski definition) is 1. The summed E-state index contributed by atoms with van der Waals surface area (Å²) in [5, 5.41) is 0. The fraction of sp³-hybridized carbons (Fsp3) is 0.222. The topological polar surface area (TPSA) is 12.9 Å². The van der Waals surface area contributed by atoms with Crippen LogP contribution in [0.15, 0.2) is 18.3 Å². The molecule has 1 rings (SSSR count). The molecule has 1 aromatic heterocycles. The van der Waals surface area contributed by atoms with Gasteiger partial charge in [0.1, 0.15) is 0 Å². The molecule has 0 unspecified atom stereocenters. The van der Waals surface area contributed by atoms with Gasteiger partial charge in [0.25, 0.3) is 0 Å². The fourth-order valence-electron chi connectivity index (χ4n) is 0.872. The van der Waals surface area contributed by atoms with Crippen molar-refractivity contribution in [3.8, 4) is 0 Å². The molecule has 0 spiro atoms.